The Balaban J connectivity index is 2.07. The van der Waals surface area contributed by atoms with Crippen LogP contribution in [0.2, 0.25) is 0 Å². The topological polar surface area (TPSA) is 64.3 Å². The maximum Gasteiger partial charge on any atom is 0.226 e. The molecule has 0 heterocycles. The molecular formula is C14H19BrN2O2. The highest BCUT2D eigenvalue weighted by molar-refractivity contribution is 9.10. The van der Waals surface area contributed by atoms with Gasteiger partial charge in [0.15, 0.2) is 0 Å². The number of halogens is 1. The normalized spacial score (nSPS) is 16.0. The van der Waals surface area contributed by atoms with E-state index < -0.39 is 0 Å². The van der Waals surface area contributed by atoms with Gasteiger partial charge in [-0.1, -0.05) is 15.9 Å². The van der Waals surface area contributed by atoms with Crippen LogP contribution in [0.5, 0.6) is 5.75 Å². The third kappa shape index (κ3) is 3.70. The lowest BCUT2D eigenvalue weighted by Crippen LogP contribution is -2.29. The highest BCUT2D eigenvalue weighted by Gasteiger charge is 2.30. The van der Waals surface area contributed by atoms with E-state index in [1.165, 1.54) is 0 Å². The zero-order valence-electron chi connectivity index (χ0n) is 11.2. The van der Waals surface area contributed by atoms with Crippen LogP contribution in [0.15, 0.2) is 16.6 Å². The predicted octanol–water partition coefficient (Wildman–Crippen LogP) is 2.83. The van der Waals surface area contributed by atoms with Gasteiger partial charge in [-0.15, -0.1) is 0 Å². The van der Waals surface area contributed by atoms with E-state index in [9.17, 15) is 4.79 Å². The van der Waals surface area contributed by atoms with Gasteiger partial charge in [0.05, 0.1) is 12.8 Å². The maximum absolute atomic E-state index is 12.0. The monoisotopic (exact) mass is 326 g/mol. The molecule has 104 valence electrons. The molecule has 0 radical (unpaired) electrons. The minimum atomic E-state index is -0.0527. The molecule has 2 rings (SSSR count). The Morgan fingerprint density at radius 3 is 2.84 bits per heavy atom. The Labute approximate surface area is 121 Å². The summed E-state index contributed by atoms with van der Waals surface area (Å²) in [6.07, 6.45) is 2.66. The molecule has 19 heavy (non-hydrogen) atoms. The van der Waals surface area contributed by atoms with Gasteiger partial charge in [-0.3, -0.25) is 4.79 Å². The van der Waals surface area contributed by atoms with E-state index in [-0.39, 0.29) is 11.9 Å². The smallest absolute Gasteiger partial charge is 0.226 e. The summed E-state index contributed by atoms with van der Waals surface area (Å²) in [5.74, 6) is 1.13. The highest BCUT2D eigenvalue weighted by Crippen LogP contribution is 2.34. The summed E-state index contributed by atoms with van der Waals surface area (Å²) >= 11 is 3.41. The zero-order valence-corrected chi connectivity index (χ0v) is 12.8. The second kappa shape index (κ2) is 5.92. The number of methoxy groups -OCH3 is 1. The van der Waals surface area contributed by atoms with Crippen molar-refractivity contribution in [2.75, 3.05) is 12.4 Å². The van der Waals surface area contributed by atoms with Gasteiger partial charge in [0.2, 0.25) is 5.91 Å². The van der Waals surface area contributed by atoms with Crippen LogP contribution in [-0.2, 0) is 4.79 Å². The van der Waals surface area contributed by atoms with Crippen molar-refractivity contribution >= 4 is 27.5 Å². The number of amides is 1. The average molecular weight is 327 g/mol. The number of rotatable bonds is 5. The van der Waals surface area contributed by atoms with Crippen LogP contribution in [0.4, 0.5) is 5.69 Å². The van der Waals surface area contributed by atoms with Crippen molar-refractivity contribution in [2.45, 2.75) is 32.2 Å². The van der Waals surface area contributed by atoms with Crippen molar-refractivity contribution in [3.63, 3.8) is 0 Å². The van der Waals surface area contributed by atoms with Crippen LogP contribution in [-0.4, -0.2) is 19.1 Å². The number of ether oxygens (including phenoxy) is 1. The van der Waals surface area contributed by atoms with Gasteiger partial charge in [0.1, 0.15) is 5.75 Å². The summed E-state index contributed by atoms with van der Waals surface area (Å²) in [5, 5.41) is 2.91. The van der Waals surface area contributed by atoms with Crippen molar-refractivity contribution in [1.82, 2.24) is 0 Å². The standard InChI is InChI=1S/C14H19BrN2O2/c1-8-5-10(15)6-12(19-2)14(8)17-13(18)7-11(16)9-3-4-9/h5-6,9,11H,3-4,7,16H2,1-2H3,(H,17,18). The second-order valence-electron chi connectivity index (χ2n) is 5.05. The number of carbonyl (C=O) groups is 1. The van der Waals surface area contributed by atoms with Gasteiger partial charge < -0.3 is 15.8 Å². The molecular weight excluding hydrogens is 308 g/mol. The molecule has 5 heteroatoms. The first kappa shape index (κ1) is 14.3. The molecule has 0 saturated heterocycles. The van der Waals surface area contributed by atoms with E-state index in [4.69, 9.17) is 10.5 Å². The molecule has 0 spiro atoms. The molecule has 0 bridgehead atoms. The number of benzene rings is 1. The summed E-state index contributed by atoms with van der Waals surface area (Å²) in [7, 11) is 1.59. The maximum atomic E-state index is 12.0. The Hall–Kier alpha value is -1.07. The van der Waals surface area contributed by atoms with Gasteiger partial charge >= 0.3 is 0 Å². The van der Waals surface area contributed by atoms with E-state index >= 15 is 0 Å². The number of carbonyl (C=O) groups excluding carboxylic acids is 1. The molecule has 1 aliphatic rings. The first-order valence-electron chi connectivity index (χ1n) is 6.41. The van der Waals surface area contributed by atoms with Crippen LogP contribution >= 0.6 is 15.9 Å². The summed E-state index contributed by atoms with van der Waals surface area (Å²) in [5.41, 5.74) is 7.65. The third-order valence-corrected chi connectivity index (χ3v) is 3.85. The van der Waals surface area contributed by atoms with Crippen molar-refractivity contribution < 1.29 is 9.53 Å². The number of nitrogens with one attached hydrogen (secondary N) is 1. The molecule has 1 atom stereocenters. The largest absolute Gasteiger partial charge is 0.495 e. The van der Waals surface area contributed by atoms with E-state index in [0.717, 1.165) is 28.6 Å². The van der Waals surface area contributed by atoms with Gasteiger partial charge in [-0.25, -0.2) is 0 Å². The second-order valence-corrected chi connectivity index (χ2v) is 5.97. The molecule has 1 saturated carbocycles. The van der Waals surface area contributed by atoms with Crippen molar-refractivity contribution in [3.8, 4) is 5.75 Å². The van der Waals surface area contributed by atoms with Gasteiger partial charge in [-0.2, -0.15) is 0 Å². The summed E-state index contributed by atoms with van der Waals surface area (Å²) in [6.45, 7) is 1.93. The summed E-state index contributed by atoms with van der Waals surface area (Å²) in [6, 6.07) is 3.75. The number of hydrogen-bond acceptors (Lipinski definition) is 3. The lowest BCUT2D eigenvalue weighted by Gasteiger charge is -2.15. The molecule has 1 aromatic rings. The zero-order chi connectivity index (χ0) is 14.0. The number of nitrogens with two attached hydrogens (primary N) is 1. The first-order valence-corrected chi connectivity index (χ1v) is 7.20. The van der Waals surface area contributed by atoms with Crippen LogP contribution < -0.4 is 15.8 Å². The van der Waals surface area contributed by atoms with E-state index in [1.807, 2.05) is 19.1 Å². The van der Waals surface area contributed by atoms with Gasteiger partial charge in [0.25, 0.3) is 0 Å². The van der Waals surface area contributed by atoms with Crippen LogP contribution in [0.1, 0.15) is 24.8 Å². The summed E-state index contributed by atoms with van der Waals surface area (Å²) in [4.78, 5) is 12.0. The van der Waals surface area contributed by atoms with Crippen molar-refractivity contribution in [1.29, 1.82) is 0 Å². The molecule has 1 aromatic carbocycles. The van der Waals surface area contributed by atoms with Gasteiger partial charge in [-0.05, 0) is 43.4 Å². The number of anilines is 1. The SMILES string of the molecule is COc1cc(Br)cc(C)c1NC(=O)CC(N)C1CC1. The predicted molar refractivity (Wildman–Crippen MR) is 79.4 cm³/mol. The van der Waals surface area contributed by atoms with E-state index in [2.05, 4.69) is 21.2 Å². The van der Waals surface area contributed by atoms with E-state index in [1.54, 1.807) is 7.11 Å². The molecule has 4 nitrogen and oxygen atoms in total. The van der Waals surface area contributed by atoms with Crippen LogP contribution in [0, 0.1) is 12.8 Å². The fourth-order valence-corrected chi connectivity index (χ4v) is 2.68. The first-order chi connectivity index (χ1) is 9.01. The molecule has 0 aromatic heterocycles. The Kier molecular flexibility index (Phi) is 4.47. The fraction of sp³-hybridized carbons (Fsp3) is 0.500. The third-order valence-electron chi connectivity index (χ3n) is 3.40. The lowest BCUT2D eigenvalue weighted by molar-refractivity contribution is -0.116. The van der Waals surface area contributed by atoms with Crippen LogP contribution in [0.25, 0.3) is 0 Å². The number of aryl methyl sites for hydroxylation is 1. The average Bonchev–Trinajstić information content (AvgIpc) is 3.16. The molecule has 1 amide bonds. The Morgan fingerprint density at radius 1 is 1.58 bits per heavy atom. The Bertz CT molecular complexity index is 487. The van der Waals surface area contributed by atoms with E-state index in [0.29, 0.717) is 18.1 Å². The molecule has 1 fully saturated rings. The molecule has 1 aliphatic carbocycles. The number of hydrogen-bond donors (Lipinski definition) is 2. The molecule has 3 N–H and O–H groups in total. The molecule has 0 aliphatic heterocycles. The van der Waals surface area contributed by atoms with Crippen LogP contribution in [0.3, 0.4) is 0 Å². The highest BCUT2D eigenvalue weighted by atomic mass is 79.9. The fourth-order valence-electron chi connectivity index (χ4n) is 2.13. The van der Waals surface area contributed by atoms with Crippen molar-refractivity contribution in [3.05, 3.63) is 22.2 Å². The minimum Gasteiger partial charge on any atom is -0.495 e. The molecule has 1 unspecified atom stereocenters. The Morgan fingerprint density at radius 2 is 2.26 bits per heavy atom. The van der Waals surface area contributed by atoms with Gasteiger partial charge in [0, 0.05) is 16.9 Å². The minimum absolute atomic E-state index is 0.0262. The van der Waals surface area contributed by atoms with Crippen molar-refractivity contribution in [2.24, 2.45) is 11.7 Å². The lowest BCUT2D eigenvalue weighted by atomic mass is 10.1. The summed E-state index contributed by atoms with van der Waals surface area (Å²) < 4.78 is 6.22. The quantitative estimate of drug-likeness (QED) is 0.874.